The van der Waals surface area contributed by atoms with Crippen molar-refractivity contribution in [1.82, 2.24) is 10.2 Å². The van der Waals surface area contributed by atoms with Crippen molar-refractivity contribution in [3.8, 4) is 0 Å². The van der Waals surface area contributed by atoms with Crippen molar-refractivity contribution in [1.29, 1.82) is 0 Å². The average molecular weight is 348 g/mol. The maximum absolute atomic E-state index is 12.7. The second kappa shape index (κ2) is 6.41. The highest BCUT2D eigenvalue weighted by molar-refractivity contribution is 8.01. The van der Waals surface area contributed by atoms with E-state index >= 15 is 0 Å². The Bertz CT molecular complexity index is 624. The molecule has 1 aromatic carbocycles. The second-order valence-electron chi connectivity index (χ2n) is 7.07. The van der Waals surface area contributed by atoms with Crippen molar-refractivity contribution in [2.24, 2.45) is 0 Å². The third-order valence-corrected chi connectivity index (χ3v) is 6.38. The fraction of sp³-hybridized carbons (Fsp3) is 0.556. The zero-order chi connectivity index (χ0) is 17.4. The quantitative estimate of drug-likeness (QED) is 0.850. The highest BCUT2D eigenvalue weighted by Gasteiger charge is 2.41. The first-order valence-corrected chi connectivity index (χ1v) is 9.32. The van der Waals surface area contributed by atoms with Gasteiger partial charge in [0.05, 0.1) is 10.3 Å². The Labute approximate surface area is 146 Å². The summed E-state index contributed by atoms with van der Waals surface area (Å²) >= 11 is 1.52. The highest BCUT2D eigenvalue weighted by Crippen LogP contribution is 2.34. The Kier molecular flexibility index (Phi) is 4.62. The van der Waals surface area contributed by atoms with Gasteiger partial charge in [-0.2, -0.15) is 0 Å². The largest absolute Gasteiger partial charge is 0.385 e. The normalized spacial score (nSPS) is 25.9. The number of carbonyl (C=O) groups is 2. The van der Waals surface area contributed by atoms with Crippen molar-refractivity contribution in [2.75, 3.05) is 18.8 Å². The average Bonchev–Trinajstić information content (AvgIpc) is 2.58. The summed E-state index contributed by atoms with van der Waals surface area (Å²) in [5, 5.41) is 13.7. The summed E-state index contributed by atoms with van der Waals surface area (Å²) in [5.41, 5.74) is 0.0327. The lowest BCUT2D eigenvalue weighted by Crippen LogP contribution is -2.59. The molecular formula is C18H24N2O3S. The van der Waals surface area contributed by atoms with E-state index in [2.05, 4.69) is 5.32 Å². The van der Waals surface area contributed by atoms with Crippen molar-refractivity contribution in [2.45, 2.75) is 43.1 Å². The van der Waals surface area contributed by atoms with Gasteiger partial charge in [0.1, 0.15) is 6.04 Å². The molecule has 1 aromatic rings. The number of thioether (sulfide) groups is 1. The highest BCUT2D eigenvalue weighted by atomic mass is 32.2. The Morgan fingerprint density at radius 1 is 1.25 bits per heavy atom. The summed E-state index contributed by atoms with van der Waals surface area (Å²) in [6.07, 6.45) is 1.03. The van der Waals surface area contributed by atoms with Crippen LogP contribution in [0.3, 0.4) is 0 Å². The fourth-order valence-electron chi connectivity index (χ4n) is 3.22. The van der Waals surface area contributed by atoms with Crippen LogP contribution in [0.25, 0.3) is 0 Å². The fourth-order valence-corrected chi connectivity index (χ4v) is 4.22. The molecule has 0 aromatic heterocycles. The van der Waals surface area contributed by atoms with Crippen LogP contribution in [0, 0.1) is 0 Å². The molecule has 0 saturated carbocycles. The first-order valence-electron chi connectivity index (χ1n) is 8.33. The number of amides is 2. The van der Waals surface area contributed by atoms with Crippen LogP contribution in [0.1, 0.15) is 32.3 Å². The number of likely N-dealkylation sites (tertiary alicyclic amines) is 1. The SMILES string of the molecule is CC1(C)SC[C@H](C(=O)N2CCC(O)(c3ccccc3)CC2)NC1=O. The van der Waals surface area contributed by atoms with Gasteiger partial charge in [-0.1, -0.05) is 30.3 Å². The second-order valence-corrected chi connectivity index (χ2v) is 8.71. The van der Waals surface area contributed by atoms with E-state index in [9.17, 15) is 14.7 Å². The minimum absolute atomic E-state index is 0.0403. The molecule has 3 rings (SSSR count). The molecule has 0 unspecified atom stereocenters. The molecule has 24 heavy (non-hydrogen) atoms. The van der Waals surface area contributed by atoms with Crippen LogP contribution in [0.2, 0.25) is 0 Å². The standard InChI is InChI=1S/C18H24N2O3S/c1-17(2)16(22)19-14(12-24-17)15(21)20-10-8-18(23,9-11-20)13-6-4-3-5-7-13/h3-7,14,23H,8-12H2,1-2H3,(H,19,22)/t14-/m1/s1. The van der Waals surface area contributed by atoms with Gasteiger partial charge in [-0.3, -0.25) is 9.59 Å². The van der Waals surface area contributed by atoms with Gasteiger partial charge >= 0.3 is 0 Å². The van der Waals surface area contributed by atoms with Gasteiger partial charge in [-0.05, 0) is 32.3 Å². The van der Waals surface area contributed by atoms with E-state index in [1.54, 1.807) is 4.90 Å². The Balaban J connectivity index is 1.61. The molecule has 2 aliphatic heterocycles. The number of hydrogen-bond acceptors (Lipinski definition) is 4. The molecule has 0 spiro atoms. The van der Waals surface area contributed by atoms with Crippen LogP contribution in [0.15, 0.2) is 30.3 Å². The van der Waals surface area contributed by atoms with E-state index in [-0.39, 0.29) is 11.8 Å². The molecule has 5 nitrogen and oxygen atoms in total. The number of nitrogens with zero attached hydrogens (tertiary/aromatic N) is 1. The molecule has 130 valence electrons. The molecule has 1 atom stereocenters. The van der Waals surface area contributed by atoms with Crippen LogP contribution >= 0.6 is 11.8 Å². The van der Waals surface area contributed by atoms with Gasteiger partial charge in [0, 0.05) is 18.8 Å². The van der Waals surface area contributed by atoms with Crippen LogP contribution in [0.5, 0.6) is 0 Å². The summed E-state index contributed by atoms with van der Waals surface area (Å²) in [5.74, 6) is 0.466. The third kappa shape index (κ3) is 3.30. The summed E-state index contributed by atoms with van der Waals surface area (Å²) in [7, 11) is 0. The van der Waals surface area contributed by atoms with Crippen molar-refractivity contribution in [3.63, 3.8) is 0 Å². The van der Waals surface area contributed by atoms with Gasteiger partial charge in [-0.25, -0.2) is 0 Å². The van der Waals surface area contributed by atoms with Crippen LogP contribution in [0.4, 0.5) is 0 Å². The van der Waals surface area contributed by atoms with E-state index < -0.39 is 16.4 Å². The Morgan fingerprint density at radius 3 is 2.46 bits per heavy atom. The van der Waals surface area contributed by atoms with Crippen LogP contribution in [-0.2, 0) is 15.2 Å². The Morgan fingerprint density at radius 2 is 1.88 bits per heavy atom. The molecule has 2 amide bonds. The zero-order valence-electron chi connectivity index (χ0n) is 14.1. The third-order valence-electron chi connectivity index (χ3n) is 4.97. The van der Waals surface area contributed by atoms with Crippen LogP contribution < -0.4 is 5.32 Å². The summed E-state index contributed by atoms with van der Waals surface area (Å²) < 4.78 is -0.480. The monoisotopic (exact) mass is 348 g/mol. The maximum Gasteiger partial charge on any atom is 0.246 e. The lowest BCUT2D eigenvalue weighted by molar-refractivity contribution is -0.140. The maximum atomic E-state index is 12.7. The molecule has 2 N–H and O–H groups in total. The lowest BCUT2D eigenvalue weighted by Gasteiger charge is -2.41. The van der Waals surface area contributed by atoms with Crippen molar-refractivity contribution < 1.29 is 14.7 Å². The van der Waals surface area contributed by atoms with Gasteiger partial charge in [0.15, 0.2) is 0 Å². The van der Waals surface area contributed by atoms with Crippen molar-refractivity contribution in [3.05, 3.63) is 35.9 Å². The molecule has 0 aliphatic carbocycles. The van der Waals surface area contributed by atoms with E-state index in [1.807, 2.05) is 44.2 Å². The number of benzene rings is 1. The molecular weight excluding hydrogens is 324 g/mol. The Hall–Kier alpha value is -1.53. The minimum Gasteiger partial charge on any atom is -0.385 e. The number of nitrogens with one attached hydrogen (secondary N) is 1. The predicted molar refractivity (Wildman–Crippen MR) is 94.6 cm³/mol. The number of carbonyl (C=O) groups excluding carboxylic acids is 2. The number of piperidine rings is 1. The van der Waals surface area contributed by atoms with E-state index in [0.29, 0.717) is 31.7 Å². The molecule has 0 radical (unpaired) electrons. The smallest absolute Gasteiger partial charge is 0.246 e. The van der Waals surface area contributed by atoms with Crippen LogP contribution in [-0.4, -0.2) is 51.5 Å². The van der Waals surface area contributed by atoms with Gasteiger partial charge < -0.3 is 15.3 Å². The first-order chi connectivity index (χ1) is 11.3. The van der Waals surface area contributed by atoms with E-state index in [0.717, 1.165) is 5.56 Å². The summed E-state index contributed by atoms with van der Waals surface area (Å²) in [4.78, 5) is 26.5. The van der Waals surface area contributed by atoms with Gasteiger partial charge in [-0.15, -0.1) is 11.8 Å². The molecule has 2 fully saturated rings. The topological polar surface area (TPSA) is 69.6 Å². The van der Waals surface area contributed by atoms with Gasteiger partial charge in [0.2, 0.25) is 11.8 Å². The molecule has 2 aliphatic rings. The molecule has 0 bridgehead atoms. The van der Waals surface area contributed by atoms with Gasteiger partial charge in [0.25, 0.3) is 0 Å². The number of hydrogen-bond donors (Lipinski definition) is 2. The first kappa shape index (κ1) is 17.3. The lowest BCUT2D eigenvalue weighted by atomic mass is 9.84. The summed E-state index contributed by atoms with van der Waals surface area (Å²) in [6.45, 7) is 4.75. The number of rotatable bonds is 2. The number of aliphatic hydroxyl groups is 1. The minimum atomic E-state index is -0.870. The van der Waals surface area contributed by atoms with E-state index in [1.165, 1.54) is 11.8 Å². The molecule has 6 heteroatoms. The molecule has 2 saturated heterocycles. The van der Waals surface area contributed by atoms with Crippen molar-refractivity contribution >= 4 is 23.6 Å². The predicted octanol–water partition coefficient (Wildman–Crippen LogP) is 1.51. The van der Waals surface area contributed by atoms with E-state index in [4.69, 9.17) is 0 Å². The zero-order valence-corrected chi connectivity index (χ0v) is 14.9. The summed E-state index contributed by atoms with van der Waals surface area (Å²) in [6, 6.07) is 9.16. The molecule has 2 heterocycles.